The average molecular weight is 459 g/mol. The molecular formula is C15H18Cl3N3O3S2. The Morgan fingerprint density at radius 3 is 2.46 bits per heavy atom. The second-order valence-electron chi connectivity index (χ2n) is 5.68. The SMILES string of the molecule is COC(=O)c1c(NC(=S)N[C@@H](NC(C)=O)C(Cl)(Cl)Cl)sc2c1CCCC2. The Morgan fingerprint density at radius 1 is 1.23 bits per heavy atom. The molecular weight excluding hydrogens is 441 g/mol. The lowest BCUT2D eigenvalue weighted by Gasteiger charge is -2.27. The maximum absolute atomic E-state index is 12.2. The van der Waals surface area contributed by atoms with Gasteiger partial charge >= 0.3 is 5.97 Å². The Morgan fingerprint density at radius 2 is 1.88 bits per heavy atom. The Bertz CT molecular complexity index is 719. The van der Waals surface area contributed by atoms with Crippen LogP contribution in [0, 0.1) is 0 Å². The van der Waals surface area contributed by atoms with Gasteiger partial charge in [0.15, 0.2) is 5.11 Å². The van der Waals surface area contributed by atoms with Gasteiger partial charge in [0.2, 0.25) is 9.70 Å². The molecule has 26 heavy (non-hydrogen) atoms. The van der Waals surface area contributed by atoms with Gasteiger partial charge in [-0.1, -0.05) is 34.8 Å². The summed E-state index contributed by atoms with van der Waals surface area (Å²) in [5, 5.41) is 8.88. The van der Waals surface area contributed by atoms with Crippen molar-refractivity contribution in [2.75, 3.05) is 12.4 Å². The van der Waals surface area contributed by atoms with E-state index in [2.05, 4.69) is 16.0 Å². The minimum absolute atomic E-state index is 0.110. The number of anilines is 1. The maximum atomic E-state index is 12.2. The van der Waals surface area contributed by atoms with E-state index in [1.165, 1.54) is 25.4 Å². The highest BCUT2D eigenvalue weighted by Crippen LogP contribution is 2.38. The predicted molar refractivity (Wildman–Crippen MR) is 110 cm³/mol. The quantitative estimate of drug-likeness (QED) is 0.277. The molecule has 1 aliphatic rings. The van der Waals surface area contributed by atoms with Gasteiger partial charge in [-0.05, 0) is 43.5 Å². The van der Waals surface area contributed by atoms with Crippen molar-refractivity contribution in [3.05, 3.63) is 16.0 Å². The molecule has 0 bridgehead atoms. The number of nitrogens with one attached hydrogen (secondary N) is 3. The number of rotatable bonds is 4. The van der Waals surface area contributed by atoms with Crippen LogP contribution >= 0.6 is 58.4 Å². The zero-order valence-corrected chi connectivity index (χ0v) is 18.0. The van der Waals surface area contributed by atoms with Crippen LogP contribution in [0.5, 0.6) is 0 Å². The topological polar surface area (TPSA) is 79.5 Å². The van der Waals surface area contributed by atoms with E-state index < -0.39 is 21.8 Å². The summed E-state index contributed by atoms with van der Waals surface area (Å²) in [4.78, 5) is 24.7. The Kier molecular flexibility index (Phi) is 7.38. The number of hydrogen-bond acceptors (Lipinski definition) is 5. The lowest BCUT2D eigenvalue weighted by Crippen LogP contribution is -2.55. The molecule has 1 aromatic rings. The second kappa shape index (κ2) is 8.93. The molecule has 1 aliphatic carbocycles. The fourth-order valence-corrected chi connectivity index (χ4v) is 4.54. The number of hydrogen-bond donors (Lipinski definition) is 3. The van der Waals surface area contributed by atoms with E-state index in [0.29, 0.717) is 10.6 Å². The van der Waals surface area contributed by atoms with Crippen LogP contribution in [0.15, 0.2) is 0 Å². The first-order chi connectivity index (χ1) is 12.1. The number of amides is 1. The number of halogens is 3. The monoisotopic (exact) mass is 457 g/mol. The van der Waals surface area contributed by atoms with Crippen LogP contribution in [0.4, 0.5) is 5.00 Å². The van der Waals surface area contributed by atoms with Crippen molar-refractivity contribution in [2.45, 2.75) is 42.6 Å². The molecule has 0 spiro atoms. The number of fused-ring (bicyclic) bond motifs is 1. The molecule has 2 rings (SSSR count). The molecule has 6 nitrogen and oxygen atoms in total. The number of carbonyl (C=O) groups is 2. The van der Waals surface area contributed by atoms with Crippen LogP contribution in [-0.2, 0) is 22.4 Å². The summed E-state index contributed by atoms with van der Waals surface area (Å²) in [5.41, 5.74) is 1.49. The molecule has 0 aromatic carbocycles. The fraction of sp³-hybridized carbons (Fsp3) is 0.533. The molecule has 0 fully saturated rings. The normalized spacial score (nSPS) is 14.8. The van der Waals surface area contributed by atoms with Gasteiger partial charge in [-0.3, -0.25) is 4.79 Å². The molecule has 0 radical (unpaired) electrons. The fourth-order valence-electron chi connectivity index (χ4n) is 2.65. The molecule has 144 valence electrons. The lowest BCUT2D eigenvalue weighted by molar-refractivity contribution is -0.119. The largest absolute Gasteiger partial charge is 0.465 e. The molecule has 0 saturated heterocycles. The number of thiophene rings is 1. The van der Waals surface area contributed by atoms with Crippen LogP contribution < -0.4 is 16.0 Å². The summed E-state index contributed by atoms with van der Waals surface area (Å²) >= 11 is 24.3. The number of methoxy groups -OCH3 is 1. The summed E-state index contributed by atoms with van der Waals surface area (Å²) < 4.78 is 3.09. The lowest BCUT2D eigenvalue weighted by atomic mass is 9.95. The highest BCUT2D eigenvalue weighted by molar-refractivity contribution is 7.80. The highest BCUT2D eigenvalue weighted by atomic mass is 35.6. The van der Waals surface area contributed by atoms with Crippen molar-refractivity contribution < 1.29 is 14.3 Å². The standard InChI is InChI=1S/C15H18Cl3N3O3S2/c1-7(22)19-13(15(16,17)18)21-14(25)20-11-10(12(23)24-2)8-5-3-4-6-9(8)26-11/h13H,3-6H2,1-2H3,(H,19,22)(H2,20,21,25)/t13-/m1/s1. The second-order valence-corrected chi connectivity index (χ2v) is 9.56. The molecule has 1 heterocycles. The number of carbonyl (C=O) groups excluding carboxylic acids is 2. The maximum Gasteiger partial charge on any atom is 0.341 e. The van der Waals surface area contributed by atoms with Crippen molar-refractivity contribution in [3.8, 4) is 0 Å². The van der Waals surface area contributed by atoms with E-state index in [0.717, 1.165) is 36.1 Å². The third-order valence-corrected chi connectivity index (χ3v) is 5.82. The van der Waals surface area contributed by atoms with Crippen molar-refractivity contribution in [1.29, 1.82) is 0 Å². The minimum Gasteiger partial charge on any atom is -0.465 e. The van der Waals surface area contributed by atoms with Crippen LogP contribution in [0.1, 0.15) is 40.6 Å². The zero-order valence-electron chi connectivity index (χ0n) is 14.1. The summed E-state index contributed by atoms with van der Waals surface area (Å²) in [6.07, 6.45) is 2.79. The summed E-state index contributed by atoms with van der Waals surface area (Å²) in [7, 11) is 1.34. The first kappa shape index (κ1) is 21.5. The van der Waals surface area contributed by atoms with E-state index >= 15 is 0 Å². The number of aryl methyl sites for hydroxylation is 1. The van der Waals surface area contributed by atoms with E-state index in [4.69, 9.17) is 51.8 Å². The molecule has 3 N–H and O–H groups in total. The van der Waals surface area contributed by atoms with Crippen LogP contribution in [0.2, 0.25) is 0 Å². The van der Waals surface area contributed by atoms with Crippen LogP contribution in [-0.4, -0.2) is 34.1 Å². The van der Waals surface area contributed by atoms with Gasteiger partial charge in [0.25, 0.3) is 0 Å². The smallest absolute Gasteiger partial charge is 0.341 e. The summed E-state index contributed by atoms with van der Waals surface area (Å²) in [6.45, 7) is 1.30. The van der Waals surface area contributed by atoms with Crippen LogP contribution in [0.3, 0.4) is 0 Å². The molecule has 0 saturated carbocycles. The molecule has 1 aromatic heterocycles. The summed E-state index contributed by atoms with van der Waals surface area (Å²) in [6, 6.07) is 0. The van der Waals surface area contributed by atoms with Crippen molar-refractivity contribution >= 4 is 80.3 Å². The first-order valence-electron chi connectivity index (χ1n) is 7.77. The molecule has 11 heteroatoms. The van der Waals surface area contributed by atoms with E-state index in [-0.39, 0.29) is 5.11 Å². The van der Waals surface area contributed by atoms with Gasteiger partial charge in [0, 0.05) is 11.8 Å². The van der Waals surface area contributed by atoms with Crippen molar-refractivity contribution in [1.82, 2.24) is 10.6 Å². The van der Waals surface area contributed by atoms with Gasteiger partial charge in [-0.15, -0.1) is 11.3 Å². The third-order valence-electron chi connectivity index (χ3n) is 3.74. The average Bonchev–Trinajstić information content (AvgIpc) is 2.89. The Labute approximate surface area is 175 Å². The van der Waals surface area contributed by atoms with Gasteiger partial charge in [-0.2, -0.15) is 0 Å². The zero-order chi connectivity index (χ0) is 19.5. The van der Waals surface area contributed by atoms with Gasteiger partial charge in [0.05, 0.1) is 12.7 Å². The van der Waals surface area contributed by atoms with Gasteiger partial charge < -0.3 is 20.7 Å². The molecule has 1 atom stereocenters. The molecule has 0 unspecified atom stereocenters. The number of esters is 1. The van der Waals surface area contributed by atoms with Crippen LogP contribution in [0.25, 0.3) is 0 Å². The van der Waals surface area contributed by atoms with Crippen molar-refractivity contribution in [2.24, 2.45) is 0 Å². The van der Waals surface area contributed by atoms with Gasteiger partial charge in [0.1, 0.15) is 11.2 Å². The first-order valence-corrected chi connectivity index (χ1v) is 10.1. The van der Waals surface area contributed by atoms with Gasteiger partial charge in [-0.25, -0.2) is 4.79 Å². The number of ether oxygens (including phenoxy) is 1. The number of thiocarbonyl (C=S) groups is 1. The highest BCUT2D eigenvalue weighted by Gasteiger charge is 2.34. The third kappa shape index (κ3) is 5.36. The Hall–Kier alpha value is -0.800. The number of alkyl halides is 3. The van der Waals surface area contributed by atoms with E-state index in [9.17, 15) is 9.59 Å². The van der Waals surface area contributed by atoms with E-state index in [1.807, 2.05) is 0 Å². The Balaban J connectivity index is 2.21. The minimum atomic E-state index is -1.82. The van der Waals surface area contributed by atoms with E-state index in [1.54, 1.807) is 0 Å². The molecule has 0 aliphatic heterocycles. The molecule has 1 amide bonds. The van der Waals surface area contributed by atoms with Crippen molar-refractivity contribution in [3.63, 3.8) is 0 Å². The predicted octanol–water partition coefficient (Wildman–Crippen LogP) is 3.53. The summed E-state index contributed by atoms with van der Waals surface area (Å²) in [5.74, 6) is -0.812.